The van der Waals surface area contributed by atoms with Crippen molar-refractivity contribution in [3.63, 3.8) is 0 Å². The minimum Gasteiger partial charge on any atom is -0.493 e. The third kappa shape index (κ3) is 5.95. The first-order chi connectivity index (χ1) is 17.6. The number of anilines is 1. The lowest BCUT2D eigenvalue weighted by molar-refractivity contribution is -0.112. The maximum atomic E-state index is 12.6. The minimum absolute atomic E-state index is 0.0595. The number of hydrogen-bond donors (Lipinski definition) is 1. The molecule has 0 spiro atoms. The van der Waals surface area contributed by atoms with Crippen LogP contribution in [0.1, 0.15) is 23.1 Å². The molecule has 180 valence electrons. The van der Waals surface area contributed by atoms with Gasteiger partial charge in [0.1, 0.15) is 23.3 Å². The highest BCUT2D eigenvalue weighted by molar-refractivity contribution is 7.15. The number of aromatic nitrogens is 2. The summed E-state index contributed by atoms with van der Waals surface area (Å²) in [5, 5.41) is 21.2. The Bertz CT molecular complexity index is 1420. The summed E-state index contributed by atoms with van der Waals surface area (Å²) in [5.41, 5.74) is 3.83. The van der Waals surface area contributed by atoms with Crippen LogP contribution < -0.4 is 14.8 Å². The molecule has 0 radical (unpaired) electrons. The van der Waals surface area contributed by atoms with Crippen molar-refractivity contribution in [2.45, 2.75) is 20.0 Å². The van der Waals surface area contributed by atoms with E-state index in [1.54, 1.807) is 25.3 Å². The van der Waals surface area contributed by atoms with Gasteiger partial charge in [0.25, 0.3) is 5.91 Å². The topological polar surface area (TPSA) is 97.1 Å². The number of benzene rings is 3. The van der Waals surface area contributed by atoms with Gasteiger partial charge in [0.2, 0.25) is 5.13 Å². The monoisotopic (exact) mass is 496 g/mol. The molecule has 0 fully saturated rings. The van der Waals surface area contributed by atoms with Crippen molar-refractivity contribution < 1.29 is 14.3 Å². The summed E-state index contributed by atoms with van der Waals surface area (Å²) in [6.45, 7) is 2.31. The maximum absolute atomic E-state index is 12.6. The molecular weight excluding hydrogens is 472 g/mol. The van der Waals surface area contributed by atoms with E-state index >= 15 is 0 Å². The number of methoxy groups -OCH3 is 1. The van der Waals surface area contributed by atoms with Crippen LogP contribution >= 0.6 is 11.3 Å². The Balaban J connectivity index is 1.50. The van der Waals surface area contributed by atoms with E-state index in [1.165, 1.54) is 17.4 Å². The zero-order valence-corrected chi connectivity index (χ0v) is 20.7. The number of nitriles is 1. The largest absolute Gasteiger partial charge is 0.493 e. The van der Waals surface area contributed by atoms with Crippen molar-refractivity contribution in [2.24, 2.45) is 0 Å². The summed E-state index contributed by atoms with van der Waals surface area (Å²) in [7, 11) is 1.55. The Morgan fingerprint density at radius 2 is 1.83 bits per heavy atom. The maximum Gasteiger partial charge on any atom is 0.268 e. The van der Waals surface area contributed by atoms with Gasteiger partial charge < -0.3 is 9.47 Å². The van der Waals surface area contributed by atoms with Crippen LogP contribution in [0, 0.1) is 11.3 Å². The predicted octanol–water partition coefficient (Wildman–Crippen LogP) is 5.90. The zero-order valence-electron chi connectivity index (χ0n) is 19.9. The summed E-state index contributed by atoms with van der Waals surface area (Å²) >= 11 is 1.28. The first-order valence-electron chi connectivity index (χ1n) is 11.3. The van der Waals surface area contributed by atoms with Crippen LogP contribution in [-0.4, -0.2) is 23.2 Å². The lowest BCUT2D eigenvalue weighted by atomic mass is 10.0. The second kappa shape index (κ2) is 11.8. The van der Waals surface area contributed by atoms with E-state index in [0.29, 0.717) is 28.8 Å². The molecule has 0 saturated carbocycles. The van der Waals surface area contributed by atoms with Gasteiger partial charge in [-0.05, 0) is 46.9 Å². The SMILES string of the molecule is CCc1nnc(NC(=O)C(C#N)=Cc2ccc(OCc3ccccc3-c3ccccc3)c(OC)c2)s1. The smallest absolute Gasteiger partial charge is 0.268 e. The number of carbonyl (C=O) groups excluding carboxylic acids is 1. The van der Waals surface area contributed by atoms with Crippen molar-refractivity contribution in [1.29, 1.82) is 5.26 Å². The lowest BCUT2D eigenvalue weighted by Gasteiger charge is -2.14. The van der Waals surface area contributed by atoms with Crippen molar-refractivity contribution in [3.8, 4) is 28.7 Å². The van der Waals surface area contributed by atoms with Gasteiger partial charge in [-0.3, -0.25) is 10.1 Å². The number of amides is 1. The first kappa shape index (κ1) is 24.6. The number of hydrogen-bond acceptors (Lipinski definition) is 7. The Morgan fingerprint density at radius 1 is 1.06 bits per heavy atom. The van der Waals surface area contributed by atoms with Crippen LogP contribution in [0.25, 0.3) is 17.2 Å². The molecule has 8 heteroatoms. The average Bonchev–Trinajstić information content (AvgIpc) is 3.38. The molecule has 0 atom stereocenters. The summed E-state index contributed by atoms with van der Waals surface area (Å²) in [5.74, 6) is 0.505. The second-order valence-electron chi connectivity index (χ2n) is 7.70. The van der Waals surface area contributed by atoms with Gasteiger partial charge in [-0.15, -0.1) is 10.2 Å². The second-order valence-corrected chi connectivity index (χ2v) is 8.76. The molecule has 7 nitrogen and oxygen atoms in total. The highest BCUT2D eigenvalue weighted by Gasteiger charge is 2.14. The molecule has 4 aromatic rings. The highest BCUT2D eigenvalue weighted by Crippen LogP contribution is 2.31. The average molecular weight is 497 g/mol. The predicted molar refractivity (Wildman–Crippen MR) is 141 cm³/mol. The summed E-state index contributed by atoms with van der Waals surface area (Å²) < 4.78 is 11.6. The summed E-state index contributed by atoms with van der Waals surface area (Å²) in [6.07, 6.45) is 2.22. The van der Waals surface area contributed by atoms with Gasteiger partial charge in [0, 0.05) is 0 Å². The molecule has 4 rings (SSSR count). The van der Waals surface area contributed by atoms with E-state index in [0.717, 1.165) is 28.1 Å². The van der Waals surface area contributed by atoms with Crippen LogP contribution in [0.2, 0.25) is 0 Å². The molecule has 0 aliphatic heterocycles. The summed E-state index contributed by atoms with van der Waals surface area (Å²) in [4.78, 5) is 12.6. The first-order valence-corrected chi connectivity index (χ1v) is 12.1. The van der Waals surface area contributed by atoms with Gasteiger partial charge in [-0.1, -0.05) is 78.9 Å². The molecule has 1 heterocycles. The van der Waals surface area contributed by atoms with E-state index in [-0.39, 0.29) is 5.57 Å². The molecule has 3 aromatic carbocycles. The van der Waals surface area contributed by atoms with Gasteiger partial charge in [-0.2, -0.15) is 5.26 Å². The third-order valence-electron chi connectivity index (χ3n) is 5.34. The highest BCUT2D eigenvalue weighted by atomic mass is 32.1. The Morgan fingerprint density at radius 3 is 2.56 bits per heavy atom. The number of ether oxygens (including phenoxy) is 2. The van der Waals surface area contributed by atoms with Crippen LogP contribution in [-0.2, 0) is 17.8 Å². The number of carbonyl (C=O) groups is 1. The Hall–Kier alpha value is -4.48. The molecule has 36 heavy (non-hydrogen) atoms. The molecule has 1 N–H and O–H groups in total. The van der Waals surface area contributed by atoms with E-state index < -0.39 is 5.91 Å². The quantitative estimate of drug-likeness (QED) is 0.229. The van der Waals surface area contributed by atoms with Crippen molar-refractivity contribution in [3.05, 3.63) is 94.5 Å². The van der Waals surface area contributed by atoms with Gasteiger partial charge in [0.05, 0.1) is 7.11 Å². The fourth-order valence-corrected chi connectivity index (χ4v) is 4.20. The van der Waals surface area contributed by atoms with E-state index in [9.17, 15) is 10.1 Å². The number of nitrogens with one attached hydrogen (secondary N) is 1. The molecule has 0 bridgehead atoms. The normalized spacial score (nSPS) is 11.0. The number of nitrogens with zero attached hydrogens (tertiary/aromatic N) is 3. The van der Waals surface area contributed by atoms with Gasteiger partial charge >= 0.3 is 0 Å². The minimum atomic E-state index is -0.548. The van der Waals surface area contributed by atoms with Crippen molar-refractivity contribution in [1.82, 2.24) is 10.2 Å². The van der Waals surface area contributed by atoms with E-state index in [1.807, 2.05) is 49.4 Å². The Kier molecular flexibility index (Phi) is 8.06. The Labute approximate surface area is 213 Å². The van der Waals surface area contributed by atoms with Gasteiger partial charge in [-0.25, -0.2) is 0 Å². The van der Waals surface area contributed by atoms with Crippen LogP contribution in [0.4, 0.5) is 5.13 Å². The van der Waals surface area contributed by atoms with E-state index in [2.05, 4.69) is 33.7 Å². The van der Waals surface area contributed by atoms with Crippen LogP contribution in [0.5, 0.6) is 11.5 Å². The molecule has 0 aliphatic rings. The molecule has 1 aromatic heterocycles. The molecule has 0 saturated heterocycles. The number of aryl methyl sites for hydroxylation is 1. The fraction of sp³-hybridized carbons (Fsp3) is 0.143. The van der Waals surface area contributed by atoms with Crippen LogP contribution in [0.15, 0.2) is 78.4 Å². The molecular formula is C28H24N4O3S. The van der Waals surface area contributed by atoms with Crippen LogP contribution in [0.3, 0.4) is 0 Å². The zero-order chi connectivity index (χ0) is 25.3. The van der Waals surface area contributed by atoms with Gasteiger partial charge in [0.15, 0.2) is 11.5 Å². The van der Waals surface area contributed by atoms with Crippen molar-refractivity contribution >= 4 is 28.5 Å². The number of rotatable bonds is 9. The summed E-state index contributed by atoms with van der Waals surface area (Å²) in [6, 6.07) is 25.4. The van der Waals surface area contributed by atoms with E-state index in [4.69, 9.17) is 9.47 Å². The lowest BCUT2D eigenvalue weighted by Crippen LogP contribution is -2.13. The molecule has 0 unspecified atom stereocenters. The van der Waals surface area contributed by atoms with Crippen molar-refractivity contribution in [2.75, 3.05) is 12.4 Å². The standard InChI is InChI=1S/C28H24N4O3S/c1-3-26-31-32-28(36-26)30-27(33)22(17-29)15-19-13-14-24(25(16-19)34-2)35-18-21-11-7-8-12-23(21)20-9-5-4-6-10-20/h4-16H,3,18H2,1-2H3,(H,30,32,33). The molecule has 0 aliphatic carbocycles. The third-order valence-corrected chi connectivity index (χ3v) is 6.32. The molecule has 1 amide bonds. The fourth-order valence-electron chi connectivity index (χ4n) is 3.52.